The van der Waals surface area contributed by atoms with E-state index >= 15 is 0 Å². The van der Waals surface area contributed by atoms with E-state index in [4.69, 9.17) is 9.15 Å². The Bertz CT molecular complexity index is 842. The Kier molecular flexibility index (Phi) is 6.98. The lowest BCUT2D eigenvalue weighted by Crippen LogP contribution is -2.47. The van der Waals surface area contributed by atoms with Crippen LogP contribution in [0.3, 0.4) is 0 Å². The molecule has 7 heteroatoms. The van der Waals surface area contributed by atoms with Crippen LogP contribution in [0.4, 0.5) is 5.69 Å². The summed E-state index contributed by atoms with van der Waals surface area (Å²) >= 11 is 0. The van der Waals surface area contributed by atoms with Crippen molar-refractivity contribution < 1.29 is 23.5 Å². The Morgan fingerprint density at radius 1 is 1.07 bits per heavy atom. The van der Waals surface area contributed by atoms with Gasteiger partial charge >= 0.3 is 5.97 Å². The molecule has 1 aromatic carbocycles. The zero-order valence-electron chi connectivity index (χ0n) is 16.7. The molecule has 2 rings (SSSR count). The van der Waals surface area contributed by atoms with Crippen molar-refractivity contribution in [3.63, 3.8) is 0 Å². The standard InChI is InChI=1S/C21H26N2O5/c1-12(2)18(23-20(25)17-7-6-10-27-17)21(26)28-15(5)19(24)22-16-9-8-13(3)11-14(16)4/h6-12,15,18H,1-5H3,(H,22,24)(H,23,25)/t15-,18-/m0/s1. The third-order valence-electron chi connectivity index (χ3n) is 4.25. The van der Waals surface area contributed by atoms with E-state index in [0.717, 1.165) is 11.1 Å². The predicted octanol–water partition coefficient (Wildman–Crippen LogP) is 3.22. The van der Waals surface area contributed by atoms with Gasteiger partial charge in [0.1, 0.15) is 6.04 Å². The topological polar surface area (TPSA) is 97.6 Å². The van der Waals surface area contributed by atoms with Crippen molar-refractivity contribution in [3.8, 4) is 0 Å². The van der Waals surface area contributed by atoms with Gasteiger partial charge in [0, 0.05) is 5.69 Å². The average molecular weight is 386 g/mol. The highest BCUT2D eigenvalue weighted by Gasteiger charge is 2.30. The number of nitrogens with one attached hydrogen (secondary N) is 2. The second-order valence-corrected chi connectivity index (χ2v) is 7.06. The van der Waals surface area contributed by atoms with Crippen molar-refractivity contribution in [2.75, 3.05) is 5.32 Å². The van der Waals surface area contributed by atoms with Crippen LogP contribution < -0.4 is 10.6 Å². The summed E-state index contributed by atoms with van der Waals surface area (Å²) in [5.41, 5.74) is 2.66. The third kappa shape index (κ3) is 5.45. The van der Waals surface area contributed by atoms with Crippen molar-refractivity contribution in [1.82, 2.24) is 5.32 Å². The second-order valence-electron chi connectivity index (χ2n) is 7.06. The largest absolute Gasteiger partial charge is 0.459 e. The zero-order valence-corrected chi connectivity index (χ0v) is 16.7. The zero-order chi connectivity index (χ0) is 20.8. The number of hydrogen-bond donors (Lipinski definition) is 2. The first-order chi connectivity index (χ1) is 13.2. The summed E-state index contributed by atoms with van der Waals surface area (Å²) in [7, 11) is 0. The maximum Gasteiger partial charge on any atom is 0.329 e. The Labute approximate surface area is 164 Å². The Hall–Kier alpha value is -3.09. The van der Waals surface area contributed by atoms with Crippen LogP contribution in [0.2, 0.25) is 0 Å². The molecule has 2 N–H and O–H groups in total. The molecular weight excluding hydrogens is 360 g/mol. The first kappa shape index (κ1) is 21.2. The van der Waals surface area contributed by atoms with Gasteiger partial charge in [0.15, 0.2) is 11.9 Å². The molecule has 0 aliphatic heterocycles. The van der Waals surface area contributed by atoms with E-state index in [9.17, 15) is 14.4 Å². The van der Waals surface area contributed by atoms with E-state index in [1.54, 1.807) is 26.0 Å². The van der Waals surface area contributed by atoms with E-state index in [1.807, 2.05) is 26.0 Å². The predicted molar refractivity (Wildman–Crippen MR) is 105 cm³/mol. The third-order valence-corrected chi connectivity index (χ3v) is 4.25. The number of carbonyl (C=O) groups excluding carboxylic acids is 3. The summed E-state index contributed by atoms with van der Waals surface area (Å²) in [6.07, 6.45) is 0.354. The molecule has 0 saturated carbocycles. The maximum absolute atomic E-state index is 12.5. The van der Waals surface area contributed by atoms with E-state index < -0.39 is 29.9 Å². The van der Waals surface area contributed by atoms with Crippen molar-refractivity contribution in [1.29, 1.82) is 0 Å². The van der Waals surface area contributed by atoms with Gasteiger partial charge in [-0.2, -0.15) is 0 Å². The van der Waals surface area contributed by atoms with Gasteiger partial charge in [-0.3, -0.25) is 9.59 Å². The van der Waals surface area contributed by atoms with Gasteiger partial charge in [-0.05, 0) is 50.5 Å². The molecule has 0 aliphatic rings. The summed E-state index contributed by atoms with van der Waals surface area (Å²) in [5, 5.41) is 5.34. The molecule has 28 heavy (non-hydrogen) atoms. The molecule has 150 valence electrons. The SMILES string of the molecule is Cc1ccc(NC(=O)[C@H](C)OC(=O)[C@@H](NC(=O)c2ccco2)C(C)C)c(C)c1. The molecular formula is C21H26N2O5. The number of aryl methyl sites for hydroxylation is 2. The maximum atomic E-state index is 12.5. The number of rotatable bonds is 7. The van der Waals surface area contributed by atoms with E-state index in [1.165, 1.54) is 19.3 Å². The molecule has 0 unspecified atom stereocenters. The normalized spacial score (nSPS) is 12.9. The van der Waals surface area contributed by atoms with Crippen molar-refractivity contribution in [2.24, 2.45) is 5.92 Å². The molecule has 0 radical (unpaired) electrons. The van der Waals surface area contributed by atoms with Gasteiger partial charge < -0.3 is 19.8 Å². The molecule has 7 nitrogen and oxygen atoms in total. The van der Waals surface area contributed by atoms with Gasteiger partial charge in [-0.1, -0.05) is 31.5 Å². The Balaban J connectivity index is 1.99. The highest BCUT2D eigenvalue weighted by molar-refractivity contribution is 5.97. The van der Waals surface area contributed by atoms with E-state index in [2.05, 4.69) is 10.6 Å². The first-order valence-corrected chi connectivity index (χ1v) is 9.12. The molecule has 0 spiro atoms. The summed E-state index contributed by atoms with van der Waals surface area (Å²) in [5.74, 6) is -1.79. The fraction of sp³-hybridized carbons (Fsp3) is 0.381. The van der Waals surface area contributed by atoms with Gasteiger partial charge in [0.25, 0.3) is 11.8 Å². The number of anilines is 1. The van der Waals surface area contributed by atoms with Gasteiger partial charge in [0.2, 0.25) is 0 Å². The second kappa shape index (κ2) is 9.21. The molecule has 1 heterocycles. The quantitative estimate of drug-likeness (QED) is 0.712. The number of furan rings is 1. The van der Waals surface area contributed by atoms with Crippen LogP contribution in [-0.2, 0) is 14.3 Å². The highest BCUT2D eigenvalue weighted by Crippen LogP contribution is 2.17. The molecule has 0 aliphatic carbocycles. The summed E-state index contributed by atoms with van der Waals surface area (Å²) in [6, 6.07) is 7.81. The van der Waals surface area contributed by atoms with E-state index in [-0.39, 0.29) is 11.7 Å². The minimum atomic E-state index is -1.02. The summed E-state index contributed by atoms with van der Waals surface area (Å²) in [6.45, 7) is 8.89. The highest BCUT2D eigenvalue weighted by atomic mass is 16.5. The van der Waals surface area contributed by atoms with E-state index in [0.29, 0.717) is 5.69 Å². The van der Waals surface area contributed by atoms with Crippen molar-refractivity contribution in [3.05, 3.63) is 53.5 Å². The molecule has 0 saturated heterocycles. The van der Waals surface area contributed by atoms with Crippen LogP contribution >= 0.6 is 0 Å². The van der Waals surface area contributed by atoms with Gasteiger partial charge in [-0.25, -0.2) is 4.79 Å². The number of carbonyl (C=O) groups is 3. The van der Waals surface area contributed by atoms with Crippen LogP contribution in [0, 0.1) is 19.8 Å². The number of esters is 1. The number of benzene rings is 1. The smallest absolute Gasteiger partial charge is 0.329 e. The first-order valence-electron chi connectivity index (χ1n) is 9.12. The number of hydrogen-bond acceptors (Lipinski definition) is 5. The lowest BCUT2D eigenvalue weighted by Gasteiger charge is -2.22. The Morgan fingerprint density at radius 2 is 1.79 bits per heavy atom. The summed E-state index contributed by atoms with van der Waals surface area (Å²) < 4.78 is 10.3. The lowest BCUT2D eigenvalue weighted by atomic mass is 10.0. The lowest BCUT2D eigenvalue weighted by molar-refractivity contribution is -0.156. The molecule has 2 amide bonds. The van der Waals surface area contributed by atoms with Crippen LogP contribution in [0.1, 0.15) is 42.5 Å². The molecule has 2 aromatic rings. The number of ether oxygens (including phenoxy) is 1. The average Bonchev–Trinajstić information content (AvgIpc) is 3.16. The molecule has 2 atom stereocenters. The minimum Gasteiger partial charge on any atom is -0.459 e. The van der Waals surface area contributed by atoms with Crippen molar-refractivity contribution >= 4 is 23.5 Å². The van der Waals surface area contributed by atoms with Gasteiger partial charge in [-0.15, -0.1) is 0 Å². The van der Waals surface area contributed by atoms with Crippen LogP contribution in [0.25, 0.3) is 0 Å². The fourth-order valence-electron chi connectivity index (χ4n) is 2.61. The van der Waals surface area contributed by atoms with Crippen LogP contribution in [0.5, 0.6) is 0 Å². The Morgan fingerprint density at radius 3 is 2.36 bits per heavy atom. The van der Waals surface area contributed by atoms with Gasteiger partial charge in [0.05, 0.1) is 6.26 Å². The molecule has 0 bridgehead atoms. The number of amides is 2. The fourth-order valence-corrected chi connectivity index (χ4v) is 2.61. The van der Waals surface area contributed by atoms with Crippen molar-refractivity contribution in [2.45, 2.75) is 46.8 Å². The van der Waals surface area contributed by atoms with Crippen LogP contribution in [-0.4, -0.2) is 29.9 Å². The molecule has 1 aromatic heterocycles. The van der Waals surface area contributed by atoms with Crippen LogP contribution in [0.15, 0.2) is 41.0 Å². The molecule has 0 fully saturated rings. The monoisotopic (exact) mass is 386 g/mol. The minimum absolute atomic E-state index is 0.0964. The summed E-state index contributed by atoms with van der Waals surface area (Å²) in [4.78, 5) is 37.1.